The highest BCUT2D eigenvalue weighted by Gasteiger charge is 2.43. The normalized spacial score (nSPS) is 15.5. The van der Waals surface area contributed by atoms with Crippen LogP contribution in [0.25, 0.3) is 19.5 Å². The molecule has 0 fully saturated rings. The molecule has 0 unspecified atom stereocenters. The van der Waals surface area contributed by atoms with Crippen molar-refractivity contribution in [1.82, 2.24) is 4.90 Å². The van der Waals surface area contributed by atoms with E-state index in [-0.39, 0.29) is 23.7 Å². The lowest BCUT2D eigenvalue weighted by Crippen LogP contribution is -2.31. The summed E-state index contributed by atoms with van der Waals surface area (Å²) in [5, 5.41) is 8.72. The average Bonchev–Trinajstić information content (AvgIpc) is 3.57. The van der Waals surface area contributed by atoms with Crippen LogP contribution in [0.4, 0.5) is 0 Å². The number of amides is 2. The first-order valence-electron chi connectivity index (χ1n) is 12.6. The first-order chi connectivity index (χ1) is 17.1. The Bertz CT molecular complexity index is 1370. The molecule has 0 atom stereocenters. The maximum Gasteiger partial charge on any atom is 0.303 e. The Balaban J connectivity index is 1.31. The van der Waals surface area contributed by atoms with Gasteiger partial charge in [0.05, 0.1) is 16.0 Å². The molecule has 0 saturated heterocycles. The number of carbonyl (C=O) groups is 3. The lowest BCUT2D eigenvalue weighted by Gasteiger charge is -2.19. The van der Waals surface area contributed by atoms with Crippen molar-refractivity contribution in [3.63, 3.8) is 0 Å². The average molecular weight is 542 g/mol. The van der Waals surface area contributed by atoms with Crippen molar-refractivity contribution in [1.29, 1.82) is 0 Å². The zero-order valence-electron chi connectivity index (χ0n) is 21.2. The Morgan fingerprint density at radius 3 is 2.17 bits per heavy atom. The van der Waals surface area contributed by atoms with Gasteiger partial charge >= 0.3 is 5.97 Å². The van der Waals surface area contributed by atoms with Crippen molar-refractivity contribution in [2.45, 2.75) is 78.1 Å². The number of nitrogens with zero attached hydrogens (tertiary/aromatic N) is 1. The Labute approximate surface area is 223 Å². The number of hydrogen-bond donors (Lipinski definition) is 1. The van der Waals surface area contributed by atoms with Crippen LogP contribution in [-0.4, -0.2) is 34.3 Å². The van der Waals surface area contributed by atoms with E-state index in [2.05, 4.69) is 32.9 Å². The van der Waals surface area contributed by atoms with Crippen LogP contribution in [0.2, 0.25) is 0 Å². The van der Waals surface area contributed by atoms with Gasteiger partial charge < -0.3 is 5.11 Å². The zero-order valence-corrected chi connectivity index (χ0v) is 23.6. The Kier molecular flexibility index (Phi) is 6.72. The number of aliphatic carboxylic acids is 1. The first kappa shape index (κ1) is 25.4. The van der Waals surface area contributed by atoms with Crippen LogP contribution in [0.3, 0.4) is 0 Å². The minimum Gasteiger partial charge on any atom is -0.481 e. The van der Waals surface area contributed by atoms with Gasteiger partial charge in [0.2, 0.25) is 0 Å². The maximum atomic E-state index is 13.5. The number of rotatable bonds is 10. The molecule has 1 N–H and O–H groups in total. The molecule has 5 rings (SSSR count). The van der Waals surface area contributed by atoms with Gasteiger partial charge in [0.25, 0.3) is 11.8 Å². The van der Waals surface area contributed by atoms with E-state index in [9.17, 15) is 14.4 Å². The Morgan fingerprint density at radius 1 is 0.833 bits per heavy atom. The van der Waals surface area contributed by atoms with Gasteiger partial charge in [-0.2, -0.15) is 0 Å². The van der Waals surface area contributed by atoms with Crippen molar-refractivity contribution in [2.75, 3.05) is 6.54 Å². The molecule has 3 aromatic rings. The summed E-state index contributed by atoms with van der Waals surface area (Å²) in [6.45, 7) is 9.09. The molecule has 0 bridgehead atoms. The van der Waals surface area contributed by atoms with E-state index in [1.54, 1.807) is 22.7 Å². The van der Waals surface area contributed by atoms with Crippen molar-refractivity contribution >= 4 is 51.8 Å². The van der Waals surface area contributed by atoms with Crippen LogP contribution in [0.15, 0.2) is 12.1 Å². The lowest BCUT2D eigenvalue weighted by atomic mass is 9.84. The van der Waals surface area contributed by atoms with Gasteiger partial charge in [-0.15, -0.1) is 34.0 Å². The largest absolute Gasteiger partial charge is 0.481 e. The second kappa shape index (κ2) is 9.54. The number of unbranched alkanes of at least 4 members (excludes halogenated alkanes) is 5. The molecule has 1 aliphatic heterocycles. The Morgan fingerprint density at radius 2 is 1.44 bits per heavy atom. The van der Waals surface area contributed by atoms with Gasteiger partial charge in [0.1, 0.15) is 0 Å². The monoisotopic (exact) mass is 541 g/mol. The van der Waals surface area contributed by atoms with E-state index in [0.29, 0.717) is 24.1 Å². The topological polar surface area (TPSA) is 74.7 Å². The van der Waals surface area contributed by atoms with Crippen LogP contribution in [0.1, 0.15) is 100 Å². The van der Waals surface area contributed by atoms with Gasteiger partial charge in [0.15, 0.2) is 0 Å². The maximum absolute atomic E-state index is 13.5. The standard InChI is InChI=1S/C28H31NO4S3/c1-15-13-17-23(34-15)24-18(28(17,3)4)14-19(36-24)25-22-21(16(2)35-25)26(32)29(27(22)33)12-10-8-6-5-7-9-11-20(30)31/h13-14H,5-12H2,1-4H3,(H,30,31). The molecule has 4 heterocycles. The summed E-state index contributed by atoms with van der Waals surface area (Å²) in [7, 11) is 0. The molecular weight excluding hydrogens is 511 g/mol. The van der Waals surface area contributed by atoms with Crippen molar-refractivity contribution in [2.24, 2.45) is 0 Å². The van der Waals surface area contributed by atoms with E-state index in [1.807, 2.05) is 18.3 Å². The third-order valence-corrected chi connectivity index (χ3v) is 11.0. The van der Waals surface area contributed by atoms with Crippen molar-refractivity contribution in [3.05, 3.63) is 44.1 Å². The van der Waals surface area contributed by atoms with Crippen molar-refractivity contribution in [3.8, 4) is 19.5 Å². The SMILES string of the molecule is Cc1cc2c(s1)-c1sc(-c3sc(C)c4c3C(=O)N(CCCCCCCCC(=O)O)C4=O)cc1C2(C)C. The summed E-state index contributed by atoms with van der Waals surface area (Å²) in [5.74, 6) is -1.06. The number of carboxylic acids is 1. The molecule has 0 saturated carbocycles. The zero-order chi connectivity index (χ0) is 25.8. The summed E-state index contributed by atoms with van der Waals surface area (Å²) in [4.78, 5) is 45.6. The summed E-state index contributed by atoms with van der Waals surface area (Å²) in [6.07, 6.45) is 5.51. The molecular formula is C28H31NO4S3. The molecule has 3 aromatic heterocycles. The predicted molar refractivity (Wildman–Crippen MR) is 148 cm³/mol. The first-order valence-corrected chi connectivity index (χ1v) is 15.0. The summed E-state index contributed by atoms with van der Waals surface area (Å²) >= 11 is 5.16. The minimum atomic E-state index is -0.745. The molecule has 2 aliphatic rings. The number of imide groups is 1. The highest BCUT2D eigenvalue weighted by Crippen LogP contribution is 2.58. The van der Waals surface area contributed by atoms with Crippen LogP contribution in [0.5, 0.6) is 0 Å². The molecule has 0 aromatic carbocycles. The van der Waals surface area contributed by atoms with Crippen LogP contribution >= 0.6 is 34.0 Å². The summed E-state index contributed by atoms with van der Waals surface area (Å²) < 4.78 is 0. The van der Waals surface area contributed by atoms with E-state index in [1.165, 1.54) is 30.7 Å². The Hall–Kier alpha value is -2.29. The molecule has 8 heteroatoms. The smallest absolute Gasteiger partial charge is 0.303 e. The number of fused-ring (bicyclic) bond motifs is 4. The van der Waals surface area contributed by atoms with Crippen LogP contribution in [-0.2, 0) is 10.2 Å². The highest BCUT2D eigenvalue weighted by molar-refractivity contribution is 7.27. The van der Waals surface area contributed by atoms with Gasteiger partial charge in [-0.3, -0.25) is 19.3 Å². The third-order valence-electron chi connectivity index (χ3n) is 7.39. The second-order valence-electron chi connectivity index (χ2n) is 10.3. The number of carbonyl (C=O) groups excluding carboxylic acids is 2. The molecule has 5 nitrogen and oxygen atoms in total. The van der Waals surface area contributed by atoms with Gasteiger partial charge in [-0.1, -0.05) is 39.5 Å². The molecule has 2 amide bonds. The molecule has 0 spiro atoms. The number of thiophene rings is 3. The van der Waals surface area contributed by atoms with E-state index in [0.717, 1.165) is 46.7 Å². The molecule has 0 radical (unpaired) electrons. The summed E-state index contributed by atoms with van der Waals surface area (Å²) in [6, 6.07) is 4.55. The van der Waals surface area contributed by atoms with Gasteiger partial charge in [-0.05, 0) is 49.9 Å². The third kappa shape index (κ3) is 4.17. The van der Waals surface area contributed by atoms with E-state index >= 15 is 0 Å². The molecule has 36 heavy (non-hydrogen) atoms. The fraction of sp³-hybridized carbons (Fsp3) is 0.464. The quantitative estimate of drug-likeness (QED) is 0.209. The number of aryl methyl sites for hydroxylation is 2. The van der Waals surface area contributed by atoms with Gasteiger partial charge in [-0.25, -0.2) is 0 Å². The van der Waals surface area contributed by atoms with E-state index in [4.69, 9.17) is 5.11 Å². The van der Waals surface area contributed by atoms with Crippen LogP contribution in [0, 0.1) is 13.8 Å². The number of carboxylic acid groups (broad SMARTS) is 1. The van der Waals surface area contributed by atoms with E-state index < -0.39 is 5.97 Å². The second-order valence-corrected chi connectivity index (χ2v) is 13.9. The number of hydrogen-bond acceptors (Lipinski definition) is 6. The lowest BCUT2D eigenvalue weighted by molar-refractivity contribution is -0.137. The van der Waals surface area contributed by atoms with Crippen LogP contribution < -0.4 is 0 Å². The molecule has 190 valence electrons. The fourth-order valence-corrected chi connectivity index (χ4v) is 9.32. The van der Waals surface area contributed by atoms with Crippen molar-refractivity contribution < 1.29 is 19.5 Å². The fourth-order valence-electron chi connectivity index (χ4n) is 5.43. The predicted octanol–water partition coefficient (Wildman–Crippen LogP) is 7.87. The van der Waals surface area contributed by atoms with Gasteiger partial charge in [0, 0.05) is 42.8 Å². The summed E-state index contributed by atoms with van der Waals surface area (Å²) in [5.41, 5.74) is 3.84. The highest BCUT2D eigenvalue weighted by atomic mass is 32.1. The molecule has 1 aliphatic carbocycles. The minimum absolute atomic E-state index is 0.0564.